The predicted molar refractivity (Wildman–Crippen MR) is 30.5 cm³/mol. The molecule has 5 heteroatoms. The molecule has 0 rings (SSSR count). The zero-order valence-corrected chi connectivity index (χ0v) is 4.66. The fourth-order valence-corrected chi connectivity index (χ4v) is 0.166. The van der Waals surface area contributed by atoms with Crippen LogP contribution in [-0.2, 0) is 9.59 Å². The molecule has 0 aromatic carbocycles. The van der Waals surface area contributed by atoms with E-state index in [9.17, 15) is 9.59 Å². The number of carbonyl (C=O) groups is 2. The third-order valence-electron chi connectivity index (χ3n) is 0.490. The Hall–Kier alpha value is -1.10. The molecular formula is C5H8O5. The first-order chi connectivity index (χ1) is 6.39. The predicted octanol–water partition coefficient (Wildman–Crippen LogP) is -0.703. The van der Waals surface area contributed by atoms with E-state index in [1.165, 1.54) is 0 Å². The number of carboxylic acid groups (broad SMARTS) is 2. The Kier molecular flexibility index (Phi) is 1.28. The van der Waals surface area contributed by atoms with Crippen molar-refractivity contribution in [3.8, 4) is 0 Å². The van der Waals surface area contributed by atoms with Crippen molar-refractivity contribution >= 4 is 11.9 Å². The molecule has 58 valence electrons. The van der Waals surface area contributed by atoms with Gasteiger partial charge in [-0.3, -0.25) is 4.79 Å². The first-order valence-corrected chi connectivity index (χ1v) is 2.08. The fraction of sp³-hybridized carbons (Fsp3) is 0.600. The molecule has 0 saturated carbocycles. The van der Waals surface area contributed by atoms with Crippen molar-refractivity contribution in [2.24, 2.45) is 0 Å². The average molecular weight is 153 g/mol. The first-order valence-electron chi connectivity index (χ1n) is 4.58. The molecule has 0 spiro atoms. The number of aliphatic hydroxyl groups is 1. The van der Waals surface area contributed by atoms with E-state index in [-0.39, 0.29) is 0 Å². The Bertz CT molecular complexity index is 270. The standard InChI is InChI=1S/C5H8O5/c6-3(5(9)10)1-2-4(7)8/h3,6H,1-2H2,(H,7,8)(H,9,10)/i1D2,2D2,3D. The number of aliphatic carboxylic acids is 2. The van der Waals surface area contributed by atoms with E-state index in [0.717, 1.165) is 0 Å². The Morgan fingerprint density at radius 1 is 1.60 bits per heavy atom. The maximum absolute atomic E-state index is 10.3. The van der Waals surface area contributed by atoms with Gasteiger partial charge in [0.25, 0.3) is 0 Å². The summed E-state index contributed by atoms with van der Waals surface area (Å²) in [7, 11) is 0. The van der Waals surface area contributed by atoms with Crippen LogP contribution in [0.4, 0.5) is 0 Å². The molecule has 0 bridgehead atoms. The van der Waals surface area contributed by atoms with E-state index >= 15 is 0 Å². The largest absolute Gasteiger partial charge is 0.481 e. The summed E-state index contributed by atoms with van der Waals surface area (Å²) >= 11 is 0. The summed E-state index contributed by atoms with van der Waals surface area (Å²) in [5.74, 6) is -4.68. The highest BCUT2D eigenvalue weighted by Crippen LogP contribution is 1.95. The monoisotopic (exact) mass is 153 g/mol. The lowest BCUT2D eigenvalue weighted by atomic mass is 10.2. The molecule has 1 unspecified atom stereocenters. The van der Waals surface area contributed by atoms with Crippen LogP contribution in [-0.4, -0.2) is 33.3 Å². The van der Waals surface area contributed by atoms with Gasteiger partial charge in [0.2, 0.25) is 0 Å². The quantitative estimate of drug-likeness (QED) is 0.496. The molecule has 0 amide bonds. The van der Waals surface area contributed by atoms with Gasteiger partial charge in [0, 0.05) is 11.9 Å². The van der Waals surface area contributed by atoms with Crippen LogP contribution in [0.3, 0.4) is 0 Å². The Morgan fingerprint density at radius 3 is 2.40 bits per heavy atom. The molecule has 5 nitrogen and oxygen atoms in total. The van der Waals surface area contributed by atoms with E-state index in [1.54, 1.807) is 0 Å². The van der Waals surface area contributed by atoms with Gasteiger partial charge in [-0.05, 0) is 6.37 Å². The maximum Gasteiger partial charge on any atom is 0.332 e. The average Bonchev–Trinajstić information content (AvgIpc) is 2.02. The minimum Gasteiger partial charge on any atom is -0.481 e. The second kappa shape index (κ2) is 3.84. The lowest BCUT2D eigenvalue weighted by Crippen LogP contribution is -2.20. The van der Waals surface area contributed by atoms with Crippen LogP contribution in [0.5, 0.6) is 0 Å². The van der Waals surface area contributed by atoms with Crippen molar-refractivity contribution in [1.29, 1.82) is 0 Å². The first kappa shape index (κ1) is 3.34. The number of rotatable bonds is 4. The van der Waals surface area contributed by atoms with Gasteiger partial charge in [-0.15, -0.1) is 0 Å². The lowest BCUT2D eigenvalue weighted by Gasteiger charge is -2.00. The highest BCUT2D eigenvalue weighted by molar-refractivity contribution is 5.73. The number of carboxylic acids is 2. The molecule has 0 aliphatic carbocycles. The number of hydrogen-bond donors (Lipinski definition) is 3. The Morgan fingerprint density at radius 2 is 2.10 bits per heavy atom. The van der Waals surface area contributed by atoms with Gasteiger partial charge < -0.3 is 15.3 Å². The van der Waals surface area contributed by atoms with E-state index in [1.807, 2.05) is 0 Å². The molecule has 3 N–H and O–H groups in total. The van der Waals surface area contributed by atoms with Crippen LogP contribution in [0.25, 0.3) is 0 Å². The Balaban J connectivity index is 5.50. The van der Waals surface area contributed by atoms with E-state index in [0.29, 0.717) is 0 Å². The van der Waals surface area contributed by atoms with Crippen LogP contribution < -0.4 is 0 Å². The fourth-order valence-electron chi connectivity index (χ4n) is 0.166. The van der Waals surface area contributed by atoms with E-state index in [2.05, 4.69) is 0 Å². The normalized spacial score (nSPS) is 25.9. The molecule has 0 heterocycles. The van der Waals surface area contributed by atoms with Crippen molar-refractivity contribution in [3.63, 3.8) is 0 Å². The smallest absolute Gasteiger partial charge is 0.332 e. The van der Waals surface area contributed by atoms with Crippen molar-refractivity contribution < 1.29 is 31.8 Å². The molecule has 0 aliphatic heterocycles. The summed E-state index contributed by atoms with van der Waals surface area (Å²) in [6.45, 7) is 0. The molecule has 0 radical (unpaired) electrons. The minimum absolute atomic E-state index is 2.31. The lowest BCUT2D eigenvalue weighted by molar-refractivity contribution is -0.147. The van der Waals surface area contributed by atoms with Crippen LogP contribution in [0, 0.1) is 0 Å². The molecule has 0 fully saturated rings. The molecular weight excluding hydrogens is 140 g/mol. The topological polar surface area (TPSA) is 94.8 Å². The van der Waals surface area contributed by atoms with E-state index < -0.39 is 30.8 Å². The van der Waals surface area contributed by atoms with Gasteiger partial charge in [0.05, 0.1) is 1.37 Å². The number of hydrogen-bond acceptors (Lipinski definition) is 3. The van der Waals surface area contributed by atoms with Gasteiger partial charge in [-0.2, -0.15) is 0 Å². The van der Waals surface area contributed by atoms with Crippen LogP contribution in [0.15, 0.2) is 0 Å². The molecule has 10 heavy (non-hydrogen) atoms. The van der Waals surface area contributed by atoms with Gasteiger partial charge in [0.1, 0.15) is 0 Å². The summed E-state index contributed by atoms with van der Waals surface area (Å²) in [5, 5.41) is 25.5. The summed E-state index contributed by atoms with van der Waals surface area (Å²) in [6.07, 6.45) is -11.4. The summed E-state index contributed by atoms with van der Waals surface area (Å²) in [5.41, 5.74) is 0. The zero-order chi connectivity index (χ0) is 12.7. The second-order valence-electron chi connectivity index (χ2n) is 1.21. The third kappa shape index (κ3) is 3.85. The third-order valence-corrected chi connectivity index (χ3v) is 0.490. The summed E-state index contributed by atoms with van der Waals surface area (Å²) < 4.78 is 34.0. The maximum atomic E-state index is 10.3. The second-order valence-corrected chi connectivity index (χ2v) is 1.21. The van der Waals surface area contributed by atoms with E-state index in [4.69, 9.17) is 22.2 Å². The van der Waals surface area contributed by atoms with Crippen LogP contribution >= 0.6 is 0 Å². The van der Waals surface area contributed by atoms with Gasteiger partial charge in [-0.1, -0.05) is 0 Å². The van der Waals surface area contributed by atoms with Crippen LogP contribution in [0.1, 0.15) is 19.6 Å². The van der Waals surface area contributed by atoms with Crippen molar-refractivity contribution in [3.05, 3.63) is 0 Å². The van der Waals surface area contributed by atoms with Crippen LogP contribution in [0.2, 0.25) is 0 Å². The molecule has 1 atom stereocenters. The Labute approximate surface area is 63.9 Å². The summed E-state index contributed by atoms with van der Waals surface area (Å²) in [4.78, 5) is 20.6. The minimum atomic E-state index is -3.89. The SMILES string of the molecule is [2H]C([2H])(C(=O)O)C([2H])([2H])C([2H])(O)C(=O)O. The van der Waals surface area contributed by atoms with Gasteiger partial charge in [-0.25, -0.2) is 4.79 Å². The highest BCUT2D eigenvalue weighted by atomic mass is 16.4. The molecule has 0 aromatic rings. The van der Waals surface area contributed by atoms with Crippen molar-refractivity contribution in [2.75, 3.05) is 0 Å². The zero-order valence-electron chi connectivity index (χ0n) is 9.66. The molecule has 0 aromatic heterocycles. The molecule has 0 saturated heterocycles. The van der Waals surface area contributed by atoms with Gasteiger partial charge in [0.15, 0.2) is 6.08 Å². The molecule has 0 aliphatic rings. The highest BCUT2D eigenvalue weighted by Gasteiger charge is 2.13. The van der Waals surface area contributed by atoms with Crippen molar-refractivity contribution in [2.45, 2.75) is 18.8 Å². The van der Waals surface area contributed by atoms with Crippen molar-refractivity contribution in [1.82, 2.24) is 0 Å². The summed E-state index contributed by atoms with van der Waals surface area (Å²) in [6, 6.07) is 0. The van der Waals surface area contributed by atoms with Gasteiger partial charge >= 0.3 is 11.9 Å².